The number of nitro benzene ring substituents is 1. The molecule has 2 aromatic carbocycles. The summed E-state index contributed by atoms with van der Waals surface area (Å²) in [7, 11) is 0. The van der Waals surface area contributed by atoms with Crippen molar-refractivity contribution in [2.45, 2.75) is 13.8 Å². The number of non-ortho nitro benzene ring substituents is 1. The number of carbonyl (C=O) groups is 1. The number of rotatable bonds is 5. The molecule has 0 spiro atoms. The molecule has 0 aliphatic heterocycles. The number of hydrogen-bond acceptors (Lipinski definition) is 5. The molecule has 0 unspecified atom stereocenters. The molecule has 2 heterocycles. The van der Waals surface area contributed by atoms with Crippen LogP contribution in [-0.2, 0) is 0 Å². The summed E-state index contributed by atoms with van der Waals surface area (Å²) < 4.78 is 1.44. The molecule has 0 saturated carbocycles. The second-order valence-corrected chi connectivity index (χ2v) is 7.78. The number of amides is 1. The third-order valence-electron chi connectivity index (χ3n) is 4.77. The first-order valence-electron chi connectivity index (χ1n) is 9.20. The van der Waals surface area contributed by atoms with Crippen molar-refractivity contribution in [3.8, 4) is 16.3 Å². The van der Waals surface area contributed by atoms with E-state index in [1.54, 1.807) is 18.2 Å². The minimum atomic E-state index is -0.470. The van der Waals surface area contributed by atoms with Crippen molar-refractivity contribution >= 4 is 28.6 Å². The number of aryl methyl sites for hydroxylation is 2. The molecular weight excluding hydrogens is 400 g/mol. The van der Waals surface area contributed by atoms with Gasteiger partial charge in [0.15, 0.2) is 0 Å². The van der Waals surface area contributed by atoms with Gasteiger partial charge in [-0.15, -0.1) is 11.3 Å². The van der Waals surface area contributed by atoms with Crippen LogP contribution in [0.15, 0.2) is 66.0 Å². The molecule has 0 saturated heterocycles. The summed E-state index contributed by atoms with van der Waals surface area (Å²) in [5, 5.41) is 20.6. The summed E-state index contributed by atoms with van der Waals surface area (Å²) in [4.78, 5) is 24.7. The predicted octanol–water partition coefficient (Wildman–Crippen LogP) is 5.38. The van der Waals surface area contributed by atoms with Gasteiger partial charge in [-0.1, -0.05) is 18.2 Å². The van der Waals surface area contributed by atoms with Crippen LogP contribution in [0.2, 0.25) is 0 Å². The van der Waals surface area contributed by atoms with Gasteiger partial charge in [0.05, 0.1) is 15.5 Å². The van der Waals surface area contributed by atoms with Crippen LogP contribution >= 0.6 is 11.3 Å². The van der Waals surface area contributed by atoms with Crippen LogP contribution in [-0.4, -0.2) is 20.6 Å². The second kappa shape index (κ2) is 7.92. The minimum absolute atomic E-state index is 0.0683. The largest absolute Gasteiger partial charge is 0.321 e. The zero-order valence-corrected chi connectivity index (χ0v) is 17.1. The Morgan fingerprint density at radius 2 is 1.90 bits per heavy atom. The van der Waals surface area contributed by atoms with Gasteiger partial charge in [0.2, 0.25) is 0 Å². The molecule has 150 valence electrons. The van der Waals surface area contributed by atoms with E-state index in [4.69, 9.17) is 0 Å². The smallest absolute Gasteiger partial charge is 0.274 e. The van der Waals surface area contributed by atoms with Crippen molar-refractivity contribution in [2.75, 3.05) is 5.32 Å². The fourth-order valence-electron chi connectivity index (χ4n) is 3.04. The molecule has 30 heavy (non-hydrogen) atoms. The van der Waals surface area contributed by atoms with Crippen molar-refractivity contribution < 1.29 is 9.72 Å². The first-order chi connectivity index (χ1) is 14.4. The maximum Gasteiger partial charge on any atom is 0.274 e. The predicted molar refractivity (Wildman–Crippen MR) is 117 cm³/mol. The highest BCUT2D eigenvalue weighted by atomic mass is 32.1. The number of nitrogens with one attached hydrogen (secondary N) is 1. The second-order valence-electron chi connectivity index (χ2n) is 6.83. The van der Waals surface area contributed by atoms with Crippen LogP contribution in [0.3, 0.4) is 0 Å². The number of hydrogen-bond donors (Lipinski definition) is 1. The SMILES string of the molecule is Cc1ccc(NC(=O)c2cc(-c3cccs3)nn2-c2cccc([N+](=O)[O-])c2)cc1C. The van der Waals surface area contributed by atoms with E-state index in [0.717, 1.165) is 16.0 Å². The fourth-order valence-corrected chi connectivity index (χ4v) is 3.72. The molecule has 0 radical (unpaired) electrons. The van der Waals surface area contributed by atoms with Gasteiger partial charge in [-0.05, 0) is 60.7 Å². The molecule has 8 heteroatoms. The molecule has 0 fully saturated rings. The lowest BCUT2D eigenvalue weighted by Gasteiger charge is -2.10. The van der Waals surface area contributed by atoms with Crippen molar-refractivity contribution in [3.63, 3.8) is 0 Å². The van der Waals surface area contributed by atoms with E-state index in [9.17, 15) is 14.9 Å². The molecule has 1 amide bonds. The van der Waals surface area contributed by atoms with Gasteiger partial charge in [0.1, 0.15) is 11.4 Å². The molecule has 4 aromatic rings. The molecule has 7 nitrogen and oxygen atoms in total. The highest BCUT2D eigenvalue weighted by Crippen LogP contribution is 2.27. The van der Waals surface area contributed by atoms with Gasteiger partial charge in [-0.25, -0.2) is 4.68 Å². The Labute approximate surface area is 176 Å². The number of aromatic nitrogens is 2. The minimum Gasteiger partial charge on any atom is -0.321 e. The number of nitrogens with zero attached hydrogens (tertiary/aromatic N) is 3. The number of anilines is 1. The number of carbonyl (C=O) groups excluding carboxylic acids is 1. The maximum absolute atomic E-state index is 13.1. The highest BCUT2D eigenvalue weighted by Gasteiger charge is 2.20. The lowest BCUT2D eigenvalue weighted by atomic mass is 10.1. The normalized spacial score (nSPS) is 10.7. The van der Waals surface area contributed by atoms with Gasteiger partial charge in [0, 0.05) is 17.8 Å². The Kier molecular flexibility index (Phi) is 5.16. The van der Waals surface area contributed by atoms with Crippen LogP contribution in [0.4, 0.5) is 11.4 Å². The van der Waals surface area contributed by atoms with E-state index in [1.807, 2.05) is 49.6 Å². The average molecular weight is 418 g/mol. The summed E-state index contributed by atoms with van der Waals surface area (Å²) in [6.45, 7) is 3.98. The van der Waals surface area contributed by atoms with Gasteiger partial charge >= 0.3 is 0 Å². The Balaban J connectivity index is 1.77. The van der Waals surface area contributed by atoms with Gasteiger partial charge in [0.25, 0.3) is 11.6 Å². The standard InChI is InChI=1S/C22H18N4O3S/c1-14-8-9-16(11-15(14)2)23-22(27)20-13-19(21-7-4-10-30-21)24-25(20)17-5-3-6-18(12-17)26(28)29/h3-13H,1-2H3,(H,23,27). The first kappa shape index (κ1) is 19.5. The van der Waals surface area contributed by atoms with E-state index >= 15 is 0 Å². The third kappa shape index (κ3) is 3.85. The van der Waals surface area contributed by atoms with E-state index in [-0.39, 0.29) is 17.3 Å². The number of nitro groups is 1. The van der Waals surface area contributed by atoms with Crippen LogP contribution in [0.5, 0.6) is 0 Å². The van der Waals surface area contributed by atoms with Crippen molar-refractivity contribution in [3.05, 3.63) is 93.0 Å². The van der Waals surface area contributed by atoms with Crippen molar-refractivity contribution in [1.82, 2.24) is 9.78 Å². The van der Waals surface area contributed by atoms with Crippen LogP contribution in [0.25, 0.3) is 16.3 Å². The monoisotopic (exact) mass is 418 g/mol. The first-order valence-corrected chi connectivity index (χ1v) is 10.1. The molecule has 0 atom stereocenters. The Morgan fingerprint density at radius 1 is 1.07 bits per heavy atom. The highest BCUT2D eigenvalue weighted by molar-refractivity contribution is 7.13. The van der Waals surface area contributed by atoms with E-state index in [0.29, 0.717) is 17.1 Å². The van der Waals surface area contributed by atoms with Crippen LogP contribution in [0.1, 0.15) is 21.6 Å². The summed E-state index contributed by atoms with van der Waals surface area (Å²) in [5.74, 6) is -0.347. The summed E-state index contributed by atoms with van der Waals surface area (Å²) in [6, 6.07) is 17.3. The van der Waals surface area contributed by atoms with Gasteiger partial charge in [-0.3, -0.25) is 14.9 Å². The lowest BCUT2D eigenvalue weighted by Crippen LogP contribution is -2.17. The number of thiophene rings is 1. The molecule has 1 N–H and O–H groups in total. The van der Waals surface area contributed by atoms with Crippen molar-refractivity contribution in [2.24, 2.45) is 0 Å². The van der Waals surface area contributed by atoms with Crippen LogP contribution in [0, 0.1) is 24.0 Å². The fraction of sp³-hybridized carbons (Fsp3) is 0.0909. The topological polar surface area (TPSA) is 90.1 Å². The average Bonchev–Trinajstić information content (AvgIpc) is 3.40. The summed E-state index contributed by atoms with van der Waals surface area (Å²) in [5.41, 5.74) is 4.17. The summed E-state index contributed by atoms with van der Waals surface area (Å²) >= 11 is 1.50. The quantitative estimate of drug-likeness (QED) is 0.348. The Hall–Kier alpha value is -3.78. The summed E-state index contributed by atoms with van der Waals surface area (Å²) in [6.07, 6.45) is 0. The van der Waals surface area contributed by atoms with Crippen LogP contribution < -0.4 is 5.32 Å². The number of benzene rings is 2. The molecule has 4 rings (SSSR count). The maximum atomic E-state index is 13.1. The Bertz CT molecular complexity index is 1250. The zero-order valence-electron chi connectivity index (χ0n) is 16.3. The molecule has 0 aliphatic carbocycles. The molecular formula is C22H18N4O3S. The van der Waals surface area contributed by atoms with E-state index < -0.39 is 4.92 Å². The zero-order chi connectivity index (χ0) is 21.3. The lowest BCUT2D eigenvalue weighted by molar-refractivity contribution is -0.384. The molecule has 2 aromatic heterocycles. The molecule has 0 bridgehead atoms. The third-order valence-corrected chi connectivity index (χ3v) is 5.66. The van der Waals surface area contributed by atoms with E-state index in [1.165, 1.54) is 28.2 Å². The Morgan fingerprint density at radius 3 is 2.60 bits per heavy atom. The molecule has 0 aliphatic rings. The van der Waals surface area contributed by atoms with E-state index in [2.05, 4.69) is 10.4 Å². The van der Waals surface area contributed by atoms with Gasteiger partial charge in [-0.2, -0.15) is 5.10 Å². The van der Waals surface area contributed by atoms with Crippen molar-refractivity contribution in [1.29, 1.82) is 0 Å². The van der Waals surface area contributed by atoms with Gasteiger partial charge < -0.3 is 5.32 Å².